The lowest BCUT2D eigenvalue weighted by atomic mass is 10.1. The van der Waals surface area contributed by atoms with E-state index in [1.165, 1.54) is 5.56 Å². The Labute approximate surface area is 135 Å². The van der Waals surface area contributed by atoms with Crippen LogP contribution < -0.4 is 10.6 Å². The molecule has 2 amide bonds. The molecular weight excluding hydrogens is 296 g/mol. The average Bonchev–Trinajstić information content (AvgIpc) is 3.02. The fourth-order valence-corrected chi connectivity index (χ4v) is 2.91. The van der Waals surface area contributed by atoms with E-state index in [9.17, 15) is 4.79 Å². The molecule has 0 unspecified atom stereocenters. The summed E-state index contributed by atoms with van der Waals surface area (Å²) >= 11 is 1.66. The molecule has 0 aliphatic carbocycles. The van der Waals surface area contributed by atoms with Crippen molar-refractivity contribution in [3.63, 3.8) is 0 Å². The van der Waals surface area contributed by atoms with Crippen molar-refractivity contribution in [2.75, 3.05) is 20.6 Å². The topological polar surface area (TPSA) is 57.3 Å². The zero-order valence-corrected chi connectivity index (χ0v) is 13.9. The molecule has 2 rings (SSSR count). The van der Waals surface area contributed by atoms with Crippen LogP contribution in [-0.2, 0) is 0 Å². The SMILES string of the molecule is C[C@@H](NC(=O)NC[C@@H](c1ccsc1)N(C)C)c1ccccn1. The van der Waals surface area contributed by atoms with Gasteiger partial charge in [-0.15, -0.1) is 0 Å². The van der Waals surface area contributed by atoms with E-state index in [2.05, 4.69) is 37.3 Å². The van der Waals surface area contributed by atoms with Crippen LogP contribution in [0.15, 0.2) is 41.2 Å². The Balaban J connectivity index is 1.86. The summed E-state index contributed by atoms with van der Waals surface area (Å²) in [5.41, 5.74) is 2.06. The molecule has 0 bridgehead atoms. The van der Waals surface area contributed by atoms with E-state index in [4.69, 9.17) is 0 Å². The van der Waals surface area contributed by atoms with Gasteiger partial charge in [-0.05, 0) is 55.5 Å². The zero-order chi connectivity index (χ0) is 15.9. The summed E-state index contributed by atoms with van der Waals surface area (Å²) in [6.45, 7) is 2.48. The maximum atomic E-state index is 12.1. The summed E-state index contributed by atoms with van der Waals surface area (Å²) in [5, 5.41) is 10.0. The van der Waals surface area contributed by atoms with Crippen LogP contribution in [0, 0.1) is 0 Å². The van der Waals surface area contributed by atoms with Crippen molar-refractivity contribution in [1.29, 1.82) is 0 Å². The molecule has 0 aliphatic rings. The van der Waals surface area contributed by atoms with Crippen molar-refractivity contribution in [1.82, 2.24) is 20.5 Å². The number of amides is 2. The lowest BCUT2D eigenvalue weighted by Crippen LogP contribution is -2.41. The van der Waals surface area contributed by atoms with Crippen molar-refractivity contribution >= 4 is 17.4 Å². The number of aromatic nitrogens is 1. The monoisotopic (exact) mass is 318 g/mol. The summed E-state index contributed by atoms with van der Waals surface area (Å²) < 4.78 is 0. The van der Waals surface area contributed by atoms with Gasteiger partial charge in [-0.25, -0.2) is 4.79 Å². The number of nitrogens with zero attached hydrogens (tertiary/aromatic N) is 2. The van der Waals surface area contributed by atoms with Crippen molar-refractivity contribution in [3.8, 4) is 0 Å². The Morgan fingerprint density at radius 3 is 2.77 bits per heavy atom. The quantitative estimate of drug-likeness (QED) is 0.861. The zero-order valence-electron chi connectivity index (χ0n) is 13.1. The van der Waals surface area contributed by atoms with E-state index in [1.807, 2.05) is 39.2 Å². The summed E-state index contributed by atoms with van der Waals surface area (Å²) in [5.74, 6) is 0. The van der Waals surface area contributed by atoms with Gasteiger partial charge in [-0.2, -0.15) is 11.3 Å². The van der Waals surface area contributed by atoms with E-state index in [-0.39, 0.29) is 18.1 Å². The predicted octanol–water partition coefficient (Wildman–Crippen LogP) is 2.81. The molecule has 118 valence electrons. The minimum absolute atomic E-state index is 0.125. The molecule has 0 radical (unpaired) electrons. The van der Waals surface area contributed by atoms with Crippen LogP contribution in [0.3, 0.4) is 0 Å². The van der Waals surface area contributed by atoms with Crippen LogP contribution >= 0.6 is 11.3 Å². The highest BCUT2D eigenvalue weighted by Gasteiger charge is 2.16. The smallest absolute Gasteiger partial charge is 0.315 e. The van der Waals surface area contributed by atoms with Gasteiger partial charge in [0.2, 0.25) is 0 Å². The Hall–Kier alpha value is -1.92. The van der Waals surface area contributed by atoms with Gasteiger partial charge in [-0.1, -0.05) is 6.07 Å². The van der Waals surface area contributed by atoms with Crippen molar-refractivity contribution in [2.24, 2.45) is 0 Å². The van der Waals surface area contributed by atoms with E-state index < -0.39 is 0 Å². The van der Waals surface area contributed by atoms with Gasteiger partial charge in [0, 0.05) is 12.7 Å². The Morgan fingerprint density at radius 1 is 1.36 bits per heavy atom. The van der Waals surface area contributed by atoms with E-state index in [0.29, 0.717) is 6.54 Å². The molecule has 2 heterocycles. The molecule has 0 aromatic carbocycles. The number of nitrogens with one attached hydrogen (secondary N) is 2. The Bertz CT molecular complexity index is 571. The van der Waals surface area contributed by atoms with Gasteiger partial charge >= 0.3 is 6.03 Å². The van der Waals surface area contributed by atoms with E-state index in [0.717, 1.165) is 5.69 Å². The summed E-state index contributed by atoms with van der Waals surface area (Å²) in [6.07, 6.45) is 1.73. The minimum atomic E-state index is -0.180. The first kappa shape index (κ1) is 16.5. The number of thiophene rings is 1. The minimum Gasteiger partial charge on any atom is -0.336 e. The van der Waals surface area contributed by atoms with E-state index in [1.54, 1.807) is 17.5 Å². The molecule has 2 aromatic rings. The van der Waals surface area contributed by atoms with Crippen LogP contribution in [0.2, 0.25) is 0 Å². The molecule has 0 fully saturated rings. The average molecular weight is 318 g/mol. The van der Waals surface area contributed by atoms with Gasteiger partial charge in [0.1, 0.15) is 0 Å². The number of carbonyl (C=O) groups is 1. The van der Waals surface area contributed by atoms with Gasteiger partial charge in [0.15, 0.2) is 0 Å². The maximum absolute atomic E-state index is 12.1. The second-order valence-electron chi connectivity index (χ2n) is 5.37. The summed E-state index contributed by atoms with van der Waals surface area (Å²) in [4.78, 5) is 18.4. The van der Waals surface area contributed by atoms with Gasteiger partial charge in [0.25, 0.3) is 0 Å². The molecule has 2 atom stereocenters. The fraction of sp³-hybridized carbons (Fsp3) is 0.375. The number of likely N-dealkylation sites (N-methyl/N-ethyl adjacent to an activating group) is 1. The number of rotatable bonds is 6. The molecular formula is C16H22N4OS. The van der Waals surface area contributed by atoms with Crippen LogP contribution in [0.25, 0.3) is 0 Å². The highest BCUT2D eigenvalue weighted by Crippen LogP contribution is 2.19. The molecule has 0 aliphatic heterocycles. The third-order valence-electron chi connectivity index (χ3n) is 3.49. The molecule has 2 N–H and O–H groups in total. The standard InChI is InChI=1S/C16H22N4OS/c1-12(14-6-4-5-8-17-14)19-16(21)18-10-15(20(2)3)13-7-9-22-11-13/h4-9,11-12,15H,10H2,1-3H3,(H2,18,19,21)/t12-,15+/m1/s1. The third-order valence-corrected chi connectivity index (χ3v) is 4.19. The second-order valence-corrected chi connectivity index (χ2v) is 6.15. The van der Waals surface area contributed by atoms with E-state index >= 15 is 0 Å². The van der Waals surface area contributed by atoms with Crippen LogP contribution in [0.5, 0.6) is 0 Å². The molecule has 0 spiro atoms. The lowest BCUT2D eigenvalue weighted by molar-refractivity contribution is 0.230. The Kier molecular flexibility index (Phi) is 5.91. The van der Waals surface area contributed by atoms with Crippen molar-refractivity contribution in [2.45, 2.75) is 19.0 Å². The summed E-state index contributed by atoms with van der Waals surface area (Å²) in [6, 6.07) is 7.63. The molecule has 0 saturated carbocycles. The number of urea groups is 1. The van der Waals surface area contributed by atoms with Gasteiger partial charge < -0.3 is 15.5 Å². The maximum Gasteiger partial charge on any atom is 0.315 e. The predicted molar refractivity (Wildman–Crippen MR) is 89.9 cm³/mol. The highest BCUT2D eigenvalue weighted by atomic mass is 32.1. The van der Waals surface area contributed by atoms with Crippen molar-refractivity contribution in [3.05, 3.63) is 52.5 Å². The molecule has 0 saturated heterocycles. The fourth-order valence-electron chi connectivity index (χ4n) is 2.21. The third kappa shape index (κ3) is 4.54. The van der Waals surface area contributed by atoms with Crippen LogP contribution in [0.1, 0.15) is 30.3 Å². The Morgan fingerprint density at radius 2 is 2.18 bits per heavy atom. The van der Waals surface area contributed by atoms with Crippen molar-refractivity contribution < 1.29 is 4.79 Å². The molecule has 22 heavy (non-hydrogen) atoms. The van der Waals surface area contributed by atoms with Crippen LogP contribution in [0.4, 0.5) is 4.79 Å². The highest BCUT2D eigenvalue weighted by molar-refractivity contribution is 7.07. The van der Waals surface area contributed by atoms with Crippen LogP contribution in [-0.4, -0.2) is 36.6 Å². The number of hydrogen-bond acceptors (Lipinski definition) is 4. The number of hydrogen-bond donors (Lipinski definition) is 2. The normalized spacial score (nSPS) is 13.6. The number of carbonyl (C=O) groups excluding carboxylic acids is 1. The largest absolute Gasteiger partial charge is 0.336 e. The molecule has 2 aromatic heterocycles. The first-order chi connectivity index (χ1) is 10.6. The first-order valence-corrected chi connectivity index (χ1v) is 8.16. The second kappa shape index (κ2) is 7.91. The summed E-state index contributed by atoms with van der Waals surface area (Å²) in [7, 11) is 4.02. The van der Waals surface area contributed by atoms with Gasteiger partial charge in [-0.3, -0.25) is 4.98 Å². The molecule has 5 nitrogen and oxygen atoms in total. The molecule has 6 heteroatoms. The lowest BCUT2D eigenvalue weighted by Gasteiger charge is -2.24. The number of pyridine rings is 1. The first-order valence-electron chi connectivity index (χ1n) is 7.21. The van der Waals surface area contributed by atoms with Gasteiger partial charge in [0.05, 0.1) is 17.8 Å².